The lowest BCUT2D eigenvalue weighted by atomic mass is 9.93. The van der Waals surface area contributed by atoms with Gasteiger partial charge in [0.2, 0.25) is 5.91 Å². The van der Waals surface area contributed by atoms with Gasteiger partial charge in [0.15, 0.2) is 0 Å². The maximum Gasteiger partial charge on any atom is 0.224 e. The quantitative estimate of drug-likeness (QED) is 0.781. The van der Waals surface area contributed by atoms with Crippen LogP contribution in [0.15, 0.2) is 53.3 Å². The smallest absolute Gasteiger partial charge is 0.224 e. The van der Waals surface area contributed by atoms with E-state index in [1.165, 1.54) is 31.5 Å². The summed E-state index contributed by atoms with van der Waals surface area (Å²) in [6.07, 6.45) is 9.04. The molecule has 0 aliphatic carbocycles. The summed E-state index contributed by atoms with van der Waals surface area (Å²) < 4.78 is 5.08. The number of nitrogens with zero attached hydrogens (tertiary/aromatic N) is 2. The summed E-state index contributed by atoms with van der Waals surface area (Å²) in [5, 5.41) is 3.08. The summed E-state index contributed by atoms with van der Waals surface area (Å²) in [4.78, 5) is 17.8. The number of hydrogen-bond acceptors (Lipinski definition) is 4. The van der Waals surface area contributed by atoms with Gasteiger partial charge in [0.25, 0.3) is 0 Å². The van der Waals surface area contributed by atoms with Gasteiger partial charge < -0.3 is 14.6 Å². The number of carbonyl (C=O) groups excluding carboxylic acids is 1. The van der Waals surface area contributed by atoms with Gasteiger partial charge in [-0.15, -0.1) is 0 Å². The predicted molar refractivity (Wildman–Crippen MR) is 114 cm³/mol. The Balaban J connectivity index is 1.19. The highest BCUT2D eigenvalue weighted by atomic mass is 16.3. The fourth-order valence-corrected chi connectivity index (χ4v) is 4.72. The minimum absolute atomic E-state index is 0.117. The van der Waals surface area contributed by atoms with Crippen molar-refractivity contribution in [1.82, 2.24) is 15.1 Å². The molecule has 2 aliphatic rings. The summed E-state index contributed by atoms with van der Waals surface area (Å²) in [5.41, 5.74) is 2.45. The number of nitrogens with one attached hydrogen (secondary N) is 1. The maximum absolute atomic E-state index is 12.6. The standard InChI is InChI=1S/C24H33N3O2/c28-24(25-17-21-11-16-29-19-21)22-7-4-12-27(18-22)23-9-14-26(15-10-23)13-8-20-5-2-1-3-6-20/h1-3,5-6,11,16,19,22-23H,4,7-10,12-15,17-18H2,(H,25,28)/t22-/m1/s1. The Hall–Kier alpha value is -2.11. The molecular weight excluding hydrogens is 362 g/mol. The molecule has 0 unspecified atom stereocenters. The molecule has 1 aromatic carbocycles. The minimum Gasteiger partial charge on any atom is -0.472 e. The van der Waals surface area contributed by atoms with E-state index in [1.54, 1.807) is 12.5 Å². The Morgan fingerprint density at radius 1 is 1.03 bits per heavy atom. The van der Waals surface area contributed by atoms with Crippen molar-refractivity contribution in [1.29, 1.82) is 0 Å². The third-order valence-corrected chi connectivity index (χ3v) is 6.50. The van der Waals surface area contributed by atoms with Crippen molar-refractivity contribution in [3.63, 3.8) is 0 Å². The number of amides is 1. The zero-order valence-electron chi connectivity index (χ0n) is 17.3. The van der Waals surface area contributed by atoms with E-state index in [0.29, 0.717) is 12.6 Å². The highest BCUT2D eigenvalue weighted by Gasteiger charge is 2.31. The molecule has 2 fully saturated rings. The van der Waals surface area contributed by atoms with Gasteiger partial charge in [-0.3, -0.25) is 9.69 Å². The normalized spacial score (nSPS) is 21.9. The third kappa shape index (κ3) is 5.71. The number of rotatable bonds is 7. The Morgan fingerprint density at radius 3 is 2.62 bits per heavy atom. The van der Waals surface area contributed by atoms with Crippen molar-refractivity contribution in [2.24, 2.45) is 5.92 Å². The molecule has 2 aliphatic heterocycles. The minimum atomic E-state index is 0.117. The second-order valence-electron chi connectivity index (χ2n) is 8.49. The molecule has 1 atom stereocenters. The van der Waals surface area contributed by atoms with Gasteiger partial charge in [-0.2, -0.15) is 0 Å². The van der Waals surface area contributed by atoms with E-state index in [-0.39, 0.29) is 11.8 Å². The van der Waals surface area contributed by atoms with E-state index < -0.39 is 0 Å². The summed E-state index contributed by atoms with van der Waals surface area (Å²) in [7, 11) is 0. The second kappa shape index (κ2) is 10.1. The Bertz CT molecular complexity index is 739. The molecule has 5 heteroatoms. The molecule has 3 heterocycles. The zero-order valence-corrected chi connectivity index (χ0v) is 17.3. The lowest BCUT2D eigenvalue weighted by molar-refractivity contribution is -0.127. The molecule has 0 bridgehead atoms. The average molecular weight is 396 g/mol. The molecular formula is C24H33N3O2. The van der Waals surface area contributed by atoms with E-state index in [4.69, 9.17) is 4.42 Å². The van der Waals surface area contributed by atoms with E-state index in [0.717, 1.165) is 44.5 Å². The lowest BCUT2D eigenvalue weighted by Crippen LogP contribution is -2.50. The topological polar surface area (TPSA) is 48.7 Å². The number of benzene rings is 1. The van der Waals surface area contributed by atoms with Crippen LogP contribution >= 0.6 is 0 Å². The second-order valence-corrected chi connectivity index (χ2v) is 8.49. The van der Waals surface area contributed by atoms with Crippen LogP contribution in [-0.4, -0.2) is 54.5 Å². The zero-order chi connectivity index (χ0) is 19.9. The number of carbonyl (C=O) groups is 1. The van der Waals surface area contributed by atoms with E-state index >= 15 is 0 Å². The van der Waals surface area contributed by atoms with Gasteiger partial charge in [-0.25, -0.2) is 0 Å². The highest BCUT2D eigenvalue weighted by Crippen LogP contribution is 2.24. The van der Waals surface area contributed by atoms with Crippen molar-refractivity contribution >= 4 is 5.91 Å². The van der Waals surface area contributed by atoms with Crippen molar-refractivity contribution < 1.29 is 9.21 Å². The fourth-order valence-electron chi connectivity index (χ4n) is 4.72. The molecule has 29 heavy (non-hydrogen) atoms. The number of likely N-dealkylation sites (tertiary alicyclic amines) is 2. The lowest BCUT2D eigenvalue weighted by Gasteiger charge is -2.42. The Morgan fingerprint density at radius 2 is 1.86 bits per heavy atom. The summed E-state index contributed by atoms with van der Waals surface area (Å²) in [6, 6.07) is 13.3. The van der Waals surface area contributed by atoms with E-state index in [1.807, 2.05) is 6.07 Å². The number of hydrogen-bond donors (Lipinski definition) is 1. The molecule has 4 rings (SSSR count). The number of furan rings is 1. The first-order valence-electron chi connectivity index (χ1n) is 11.1. The molecule has 0 radical (unpaired) electrons. The van der Waals surface area contributed by atoms with Gasteiger partial charge in [-0.05, 0) is 63.4 Å². The van der Waals surface area contributed by atoms with Crippen molar-refractivity contribution in [2.45, 2.75) is 44.7 Å². The van der Waals surface area contributed by atoms with Crippen molar-refractivity contribution in [3.05, 3.63) is 60.1 Å². The van der Waals surface area contributed by atoms with Crippen LogP contribution in [-0.2, 0) is 17.8 Å². The SMILES string of the molecule is O=C(NCc1ccoc1)[C@@H]1CCCN(C2CCN(CCc3ccccc3)CC2)C1. The summed E-state index contributed by atoms with van der Waals surface area (Å²) in [6.45, 7) is 6.10. The van der Waals surface area contributed by atoms with E-state index in [2.05, 4.69) is 45.4 Å². The van der Waals surface area contributed by atoms with Crippen LogP contribution in [0.5, 0.6) is 0 Å². The van der Waals surface area contributed by atoms with Crippen LogP contribution in [0.1, 0.15) is 36.8 Å². The van der Waals surface area contributed by atoms with Gasteiger partial charge >= 0.3 is 0 Å². The number of piperidine rings is 2. The molecule has 5 nitrogen and oxygen atoms in total. The molecule has 156 valence electrons. The van der Waals surface area contributed by atoms with Crippen LogP contribution in [0, 0.1) is 5.92 Å². The fraction of sp³-hybridized carbons (Fsp3) is 0.542. The monoisotopic (exact) mass is 395 g/mol. The highest BCUT2D eigenvalue weighted by molar-refractivity contribution is 5.78. The van der Waals surface area contributed by atoms with Gasteiger partial charge in [0.05, 0.1) is 18.4 Å². The Labute approximate surface area is 174 Å². The average Bonchev–Trinajstić information content (AvgIpc) is 3.31. The van der Waals surface area contributed by atoms with Gasteiger partial charge in [0.1, 0.15) is 0 Å². The van der Waals surface area contributed by atoms with Crippen molar-refractivity contribution in [3.8, 4) is 0 Å². The van der Waals surface area contributed by atoms with Crippen LogP contribution in [0.3, 0.4) is 0 Å². The van der Waals surface area contributed by atoms with Crippen LogP contribution in [0.4, 0.5) is 0 Å². The van der Waals surface area contributed by atoms with E-state index in [9.17, 15) is 4.79 Å². The van der Waals surface area contributed by atoms with Crippen LogP contribution in [0.2, 0.25) is 0 Å². The first kappa shape index (κ1) is 20.2. The summed E-state index contributed by atoms with van der Waals surface area (Å²) in [5.74, 6) is 0.308. The molecule has 2 aromatic rings. The van der Waals surface area contributed by atoms with Crippen LogP contribution < -0.4 is 5.32 Å². The molecule has 0 saturated carbocycles. The van der Waals surface area contributed by atoms with Gasteiger partial charge in [0, 0.05) is 31.2 Å². The van der Waals surface area contributed by atoms with Crippen molar-refractivity contribution in [2.75, 3.05) is 32.7 Å². The van der Waals surface area contributed by atoms with Gasteiger partial charge in [-0.1, -0.05) is 30.3 Å². The molecule has 1 amide bonds. The largest absolute Gasteiger partial charge is 0.472 e. The molecule has 2 saturated heterocycles. The van der Waals surface area contributed by atoms with Crippen LogP contribution in [0.25, 0.3) is 0 Å². The predicted octanol–water partition coefficient (Wildman–Crippen LogP) is 3.31. The summed E-state index contributed by atoms with van der Waals surface area (Å²) >= 11 is 0. The Kier molecular flexibility index (Phi) is 7.01. The third-order valence-electron chi connectivity index (χ3n) is 6.50. The molecule has 1 aromatic heterocycles. The first-order chi connectivity index (χ1) is 14.3. The maximum atomic E-state index is 12.6. The molecule has 0 spiro atoms. The first-order valence-corrected chi connectivity index (χ1v) is 11.1. The molecule has 1 N–H and O–H groups in total.